The zero-order valence-electron chi connectivity index (χ0n) is 12.5. The lowest BCUT2D eigenvalue weighted by Gasteiger charge is -2.34. The van der Waals surface area contributed by atoms with E-state index < -0.39 is 6.04 Å². The zero-order valence-corrected chi connectivity index (χ0v) is 12.5. The second kappa shape index (κ2) is 5.66. The predicted molar refractivity (Wildman–Crippen MR) is 76.3 cm³/mol. The Kier molecular flexibility index (Phi) is 3.87. The Morgan fingerprint density at radius 3 is 2.67 bits per heavy atom. The zero-order chi connectivity index (χ0) is 15.0. The smallest absolute Gasteiger partial charge is 0.242 e. The Balaban J connectivity index is 1.65. The summed E-state index contributed by atoms with van der Waals surface area (Å²) in [6.45, 7) is 3.33. The minimum absolute atomic E-state index is 0.0359. The molecule has 1 saturated carbocycles. The Morgan fingerprint density at radius 2 is 1.95 bits per heavy atom. The summed E-state index contributed by atoms with van der Waals surface area (Å²) in [5, 5.41) is 2.76. The average Bonchev–Trinajstić information content (AvgIpc) is 3.10. The van der Waals surface area contributed by atoms with E-state index in [2.05, 4.69) is 5.32 Å². The van der Waals surface area contributed by atoms with Crippen molar-refractivity contribution in [3.05, 3.63) is 0 Å². The van der Waals surface area contributed by atoms with E-state index in [1.807, 2.05) is 4.90 Å². The van der Waals surface area contributed by atoms with Gasteiger partial charge in [0, 0.05) is 32.1 Å². The summed E-state index contributed by atoms with van der Waals surface area (Å²) in [5.41, 5.74) is 0. The Bertz CT molecular complexity index is 459. The minimum Gasteiger partial charge on any atom is -0.353 e. The van der Waals surface area contributed by atoms with E-state index in [-0.39, 0.29) is 23.6 Å². The number of nitrogens with zero attached hydrogens (tertiary/aromatic N) is 2. The van der Waals surface area contributed by atoms with Crippen LogP contribution in [0, 0.1) is 5.92 Å². The number of piperazine rings is 1. The van der Waals surface area contributed by atoms with E-state index in [1.165, 1.54) is 12.8 Å². The van der Waals surface area contributed by atoms with Gasteiger partial charge in [0.05, 0.1) is 5.92 Å². The third-order valence-electron chi connectivity index (χ3n) is 5.06. The molecule has 2 saturated heterocycles. The maximum atomic E-state index is 12.6. The maximum Gasteiger partial charge on any atom is 0.242 e. The molecule has 2 heterocycles. The fraction of sp³-hybridized carbons (Fsp3) is 0.800. The molecular formula is C15H23N3O3. The minimum atomic E-state index is -0.429. The molecule has 1 aliphatic carbocycles. The number of hydrogen-bond donors (Lipinski definition) is 1. The third kappa shape index (κ3) is 2.63. The number of carbonyl (C=O) groups excluding carboxylic acids is 3. The van der Waals surface area contributed by atoms with Crippen LogP contribution in [0.4, 0.5) is 0 Å². The molecule has 0 aromatic carbocycles. The van der Waals surface area contributed by atoms with Gasteiger partial charge in [0.15, 0.2) is 0 Å². The molecule has 3 rings (SSSR count). The second-order valence-corrected chi connectivity index (χ2v) is 6.38. The molecule has 6 heteroatoms. The van der Waals surface area contributed by atoms with Gasteiger partial charge in [-0.1, -0.05) is 12.8 Å². The standard InChI is InChI=1S/C15H23N3O3/c1-10-14(20)16-6-7-17(10)15(21)11-8-13(19)18(9-11)12-4-2-3-5-12/h10-12H,2-9H2,1H3,(H,16,20). The predicted octanol–water partition coefficient (Wildman–Crippen LogP) is 0.124. The molecule has 6 nitrogen and oxygen atoms in total. The fourth-order valence-corrected chi connectivity index (χ4v) is 3.78. The molecule has 1 N–H and O–H groups in total. The summed E-state index contributed by atoms with van der Waals surface area (Å²) in [6, 6.07) is -0.0979. The van der Waals surface area contributed by atoms with Crippen LogP contribution in [0.15, 0.2) is 0 Å². The molecule has 3 amide bonds. The van der Waals surface area contributed by atoms with Crippen LogP contribution in [0.2, 0.25) is 0 Å². The van der Waals surface area contributed by atoms with E-state index in [9.17, 15) is 14.4 Å². The molecule has 0 spiro atoms. The monoisotopic (exact) mass is 293 g/mol. The van der Waals surface area contributed by atoms with Gasteiger partial charge in [-0.25, -0.2) is 0 Å². The van der Waals surface area contributed by atoms with Gasteiger partial charge in [0.1, 0.15) is 6.04 Å². The van der Waals surface area contributed by atoms with Gasteiger partial charge in [0.2, 0.25) is 17.7 Å². The number of amides is 3. The largest absolute Gasteiger partial charge is 0.353 e. The third-order valence-corrected chi connectivity index (χ3v) is 5.06. The van der Waals surface area contributed by atoms with E-state index >= 15 is 0 Å². The summed E-state index contributed by atoms with van der Waals surface area (Å²) < 4.78 is 0. The average molecular weight is 293 g/mol. The van der Waals surface area contributed by atoms with Crippen LogP contribution in [-0.2, 0) is 14.4 Å². The first-order chi connectivity index (χ1) is 10.1. The van der Waals surface area contributed by atoms with Gasteiger partial charge < -0.3 is 15.1 Å². The van der Waals surface area contributed by atoms with Gasteiger partial charge >= 0.3 is 0 Å². The number of carbonyl (C=O) groups is 3. The summed E-state index contributed by atoms with van der Waals surface area (Å²) in [6.07, 6.45) is 4.79. The fourth-order valence-electron chi connectivity index (χ4n) is 3.78. The van der Waals surface area contributed by atoms with E-state index in [4.69, 9.17) is 0 Å². The molecule has 2 aliphatic heterocycles. The lowest BCUT2D eigenvalue weighted by atomic mass is 10.0. The number of hydrogen-bond acceptors (Lipinski definition) is 3. The second-order valence-electron chi connectivity index (χ2n) is 6.38. The highest BCUT2D eigenvalue weighted by atomic mass is 16.2. The summed E-state index contributed by atoms with van der Waals surface area (Å²) >= 11 is 0. The summed E-state index contributed by atoms with van der Waals surface area (Å²) in [4.78, 5) is 40.0. The van der Waals surface area contributed by atoms with Crippen LogP contribution in [0.25, 0.3) is 0 Å². The van der Waals surface area contributed by atoms with Gasteiger partial charge in [-0.3, -0.25) is 14.4 Å². The first-order valence-electron chi connectivity index (χ1n) is 7.95. The van der Waals surface area contributed by atoms with Crippen molar-refractivity contribution in [1.82, 2.24) is 15.1 Å². The molecule has 2 unspecified atom stereocenters. The first-order valence-corrected chi connectivity index (χ1v) is 7.95. The summed E-state index contributed by atoms with van der Waals surface area (Å²) in [5.74, 6) is -0.307. The Hall–Kier alpha value is -1.59. The molecule has 0 bridgehead atoms. The van der Waals surface area contributed by atoms with Crippen LogP contribution in [0.1, 0.15) is 39.0 Å². The van der Waals surface area contributed by atoms with Crippen molar-refractivity contribution in [2.45, 2.75) is 51.1 Å². The van der Waals surface area contributed by atoms with Crippen LogP contribution >= 0.6 is 0 Å². The highest BCUT2D eigenvalue weighted by Gasteiger charge is 2.42. The van der Waals surface area contributed by atoms with Gasteiger partial charge in [0.25, 0.3) is 0 Å². The van der Waals surface area contributed by atoms with Crippen LogP contribution in [0.5, 0.6) is 0 Å². The summed E-state index contributed by atoms with van der Waals surface area (Å²) in [7, 11) is 0. The molecule has 116 valence electrons. The van der Waals surface area contributed by atoms with Crippen molar-refractivity contribution in [3.63, 3.8) is 0 Å². The quantitative estimate of drug-likeness (QED) is 0.786. The Morgan fingerprint density at radius 1 is 1.24 bits per heavy atom. The van der Waals surface area contributed by atoms with Crippen LogP contribution in [0.3, 0.4) is 0 Å². The van der Waals surface area contributed by atoms with Crippen molar-refractivity contribution in [1.29, 1.82) is 0 Å². The SMILES string of the molecule is CC1C(=O)NCCN1C(=O)C1CC(=O)N(C2CCCC2)C1. The van der Waals surface area contributed by atoms with Crippen molar-refractivity contribution in [2.24, 2.45) is 5.92 Å². The van der Waals surface area contributed by atoms with E-state index in [1.54, 1.807) is 11.8 Å². The Labute approximate surface area is 124 Å². The normalized spacial score (nSPS) is 30.9. The first kappa shape index (κ1) is 14.4. The molecular weight excluding hydrogens is 270 g/mol. The number of likely N-dealkylation sites (tertiary alicyclic amines) is 1. The highest BCUT2D eigenvalue weighted by molar-refractivity contribution is 5.93. The lowest BCUT2D eigenvalue weighted by molar-refractivity contribution is -0.145. The van der Waals surface area contributed by atoms with Crippen molar-refractivity contribution in [3.8, 4) is 0 Å². The highest BCUT2D eigenvalue weighted by Crippen LogP contribution is 2.30. The van der Waals surface area contributed by atoms with Gasteiger partial charge in [-0.2, -0.15) is 0 Å². The maximum absolute atomic E-state index is 12.6. The van der Waals surface area contributed by atoms with E-state index in [0.29, 0.717) is 32.1 Å². The lowest BCUT2D eigenvalue weighted by Crippen LogP contribution is -2.57. The van der Waals surface area contributed by atoms with Crippen LogP contribution < -0.4 is 5.32 Å². The van der Waals surface area contributed by atoms with Crippen molar-refractivity contribution >= 4 is 17.7 Å². The molecule has 0 radical (unpaired) electrons. The molecule has 2 atom stereocenters. The van der Waals surface area contributed by atoms with Crippen molar-refractivity contribution in [2.75, 3.05) is 19.6 Å². The van der Waals surface area contributed by atoms with E-state index in [0.717, 1.165) is 12.8 Å². The van der Waals surface area contributed by atoms with Crippen molar-refractivity contribution < 1.29 is 14.4 Å². The van der Waals surface area contributed by atoms with Crippen LogP contribution in [-0.4, -0.2) is 59.2 Å². The molecule has 3 fully saturated rings. The molecule has 3 aliphatic rings. The molecule has 0 aromatic heterocycles. The van der Waals surface area contributed by atoms with Gasteiger partial charge in [-0.15, -0.1) is 0 Å². The molecule has 21 heavy (non-hydrogen) atoms. The van der Waals surface area contributed by atoms with Gasteiger partial charge in [-0.05, 0) is 19.8 Å². The topological polar surface area (TPSA) is 69.7 Å². The number of nitrogens with one attached hydrogen (secondary N) is 1. The molecule has 0 aromatic rings. The number of rotatable bonds is 2.